The van der Waals surface area contributed by atoms with E-state index in [0.29, 0.717) is 0 Å². The van der Waals surface area contributed by atoms with Gasteiger partial charge in [0.2, 0.25) is 0 Å². The molecule has 1 nitrogen and oxygen atoms in total. The molecule has 2 heteroatoms. The minimum absolute atomic E-state index is 0.719. The van der Waals surface area contributed by atoms with Crippen LogP contribution in [-0.2, 0) is 6.42 Å². The lowest BCUT2D eigenvalue weighted by Crippen LogP contribution is -2.02. The fraction of sp³-hybridized carbons (Fsp3) is 0.273. The molecule has 1 aromatic rings. The highest BCUT2D eigenvalue weighted by Gasteiger charge is 1.90. The number of hydrogen-bond acceptors (Lipinski definition) is 1. The molecule has 0 bridgehead atoms. The van der Waals surface area contributed by atoms with Gasteiger partial charge in [0.25, 0.3) is 0 Å². The second kappa shape index (κ2) is 5.95. The van der Waals surface area contributed by atoms with Crippen LogP contribution in [0, 0.1) is 0 Å². The first-order valence-electron chi connectivity index (χ1n) is 4.38. The summed E-state index contributed by atoms with van der Waals surface area (Å²) in [7, 11) is 0. The summed E-state index contributed by atoms with van der Waals surface area (Å²) in [5.74, 6) is 0. The van der Waals surface area contributed by atoms with Gasteiger partial charge in [-0.3, -0.25) is 0 Å². The predicted octanol–water partition coefficient (Wildman–Crippen LogP) is 2.60. The summed E-state index contributed by atoms with van der Waals surface area (Å²) < 4.78 is 0. The lowest BCUT2D eigenvalue weighted by molar-refractivity contribution is 0.969. The molecule has 70 valence electrons. The van der Waals surface area contributed by atoms with Gasteiger partial charge >= 0.3 is 0 Å². The van der Waals surface area contributed by atoms with E-state index in [4.69, 9.17) is 5.73 Å². The highest BCUT2D eigenvalue weighted by atomic mass is 79.9. The summed E-state index contributed by atoms with van der Waals surface area (Å²) >= 11 is 3.34. The molecule has 0 amide bonds. The Balaban J connectivity index is 2.64. The third-order valence-corrected chi connectivity index (χ3v) is 2.19. The second-order valence-electron chi connectivity index (χ2n) is 2.84. The molecule has 2 N–H and O–H groups in total. The average molecular weight is 240 g/mol. The lowest BCUT2D eigenvalue weighted by atomic mass is 10.1. The first-order valence-corrected chi connectivity index (χ1v) is 5.50. The monoisotopic (exact) mass is 239 g/mol. The van der Waals surface area contributed by atoms with Gasteiger partial charge in [-0.25, -0.2) is 0 Å². The van der Waals surface area contributed by atoms with Crippen LogP contribution in [0.3, 0.4) is 0 Å². The van der Waals surface area contributed by atoms with Crippen LogP contribution in [0.2, 0.25) is 0 Å². The fourth-order valence-corrected chi connectivity index (χ4v) is 1.33. The van der Waals surface area contributed by atoms with E-state index >= 15 is 0 Å². The van der Waals surface area contributed by atoms with E-state index in [0.717, 1.165) is 18.3 Å². The maximum Gasteiger partial charge on any atom is 0.0215 e. The Hall–Kier alpha value is -0.600. The van der Waals surface area contributed by atoms with Gasteiger partial charge in [-0.15, -0.1) is 0 Å². The van der Waals surface area contributed by atoms with Crippen LogP contribution >= 0.6 is 15.9 Å². The maximum atomic E-state index is 5.46. The molecule has 0 aromatic heterocycles. The molecule has 0 saturated carbocycles. The van der Waals surface area contributed by atoms with Crippen LogP contribution in [0.5, 0.6) is 0 Å². The largest absolute Gasteiger partial charge is 0.330 e. The summed E-state index contributed by atoms with van der Waals surface area (Å²) in [5, 5.41) is 0.900. The van der Waals surface area contributed by atoms with E-state index in [1.165, 1.54) is 11.1 Å². The number of rotatable bonds is 4. The third kappa shape index (κ3) is 3.75. The van der Waals surface area contributed by atoms with Crippen molar-refractivity contribution >= 4 is 22.0 Å². The number of benzene rings is 1. The van der Waals surface area contributed by atoms with Crippen LogP contribution in [0.15, 0.2) is 30.3 Å². The van der Waals surface area contributed by atoms with E-state index in [9.17, 15) is 0 Å². The molecule has 13 heavy (non-hydrogen) atoms. The molecular weight excluding hydrogens is 226 g/mol. The SMILES string of the molecule is NCCc1ccc(C=CCBr)cc1. The van der Waals surface area contributed by atoms with Crippen molar-refractivity contribution in [2.75, 3.05) is 11.9 Å². The number of nitrogens with two attached hydrogens (primary N) is 1. The van der Waals surface area contributed by atoms with Crippen molar-refractivity contribution in [2.24, 2.45) is 5.73 Å². The molecular formula is C11H14BrN. The first-order chi connectivity index (χ1) is 6.36. The fourth-order valence-electron chi connectivity index (χ4n) is 1.14. The van der Waals surface area contributed by atoms with Crippen molar-refractivity contribution in [3.63, 3.8) is 0 Å². The van der Waals surface area contributed by atoms with Gasteiger partial charge in [0, 0.05) is 5.33 Å². The second-order valence-corrected chi connectivity index (χ2v) is 3.48. The summed E-state index contributed by atoms with van der Waals surface area (Å²) in [6.07, 6.45) is 5.14. The lowest BCUT2D eigenvalue weighted by Gasteiger charge is -1.98. The van der Waals surface area contributed by atoms with Crippen molar-refractivity contribution in [1.82, 2.24) is 0 Å². The van der Waals surface area contributed by atoms with Gasteiger partial charge < -0.3 is 5.73 Å². The number of halogens is 1. The van der Waals surface area contributed by atoms with Gasteiger partial charge in [0.15, 0.2) is 0 Å². The van der Waals surface area contributed by atoms with E-state index in [1.54, 1.807) is 0 Å². The van der Waals surface area contributed by atoms with Gasteiger partial charge in [0.1, 0.15) is 0 Å². The standard InChI is InChI=1S/C11H14BrN/c12-8-1-2-10-3-5-11(6-4-10)7-9-13/h1-6H,7-9,13H2. The Morgan fingerprint density at radius 1 is 1.23 bits per heavy atom. The zero-order chi connectivity index (χ0) is 9.52. The Bertz CT molecular complexity index is 264. The molecule has 0 unspecified atom stereocenters. The van der Waals surface area contributed by atoms with Crippen molar-refractivity contribution in [3.05, 3.63) is 41.5 Å². The minimum atomic E-state index is 0.719. The van der Waals surface area contributed by atoms with Crippen LogP contribution < -0.4 is 5.73 Å². The molecule has 0 aliphatic rings. The molecule has 0 aliphatic heterocycles. The third-order valence-electron chi connectivity index (χ3n) is 1.81. The number of allylic oxidation sites excluding steroid dienone is 1. The van der Waals surface area contributed by atoms with Crippen molar-refractivity contribution in [2.45, 2.75) is 6.42 Å². The van der Waals surface area contributed by atoms with Gasteiger partial charge in [-0.05, 0) is 24.1 Å². The van der Waals surface area contributed by atoms with Crippen LogP contribution in [0.4, 0.5) is 0 Å². The van der Waals surface area contributed by atoms with Crippen molar-refractivity contribution in [3.8, 4) is 0 Å². The topological polar surface area (TPSA) is 26.0 Å². The summed E-state index contributed by atoms with van der Waals surface area (Å²) in [6.45, 7) is 0.719. The smallest absolute Gasteiger partial charge is 0.0215 e. The number of hydrogen-bond donors (Lipinski definition) is 1. The maximum absolute atomic E-state index is 5.46. The molecule has 1 aromatic carbocycles. The van der Waals surface area contributed by atoms with Gasteiger partial charge in [0.05, 0.1) is 0 Å². The zero-order valence-electron chi connectivity index (χ0n) is 7.54. The van der Waals surface area contributed by atoms with Gasteiger partial charge in [-0.2, -0.15) is 0 Å². The van der Waals surface area contributed by atoms with Crippen molar-refractivity contribution in [1.29, 1.82) is 0 Å². The van der Waals surface area contributed by atoms with Crippen LogP contribution in [-0.4, -0.2) is 11.9 Å². The molecule has 0 radical (unpaired) electrons. The molecule has 0 saturated heterocycles. The van der Waals surface area contributed by atoms with Crippen LogP contribution in [0.1, 0.15) is 11.1 Å². The van der Waals surface area contributed by atoms with Crippen LogP contribution in [0.25, 0.3) is 6.08 Å². The molecule has 0 spiro atoms. The molecule has 0 aliphatic carbocycles. The minimum Gasteiger partial charge on any atom is -0.330 e. The molecule has 0 fully saturated rings. The predicted molar refractivity (Wildman–Crippen MR) is 62.0 cm³/mol. The summed E-state index contributed by atoms with van der Waals surface area (Å²) in [4.78, 5) is 0. The van der Waals surface area contributed by atoms with E-state index < -0.39 is 0 Å². The van der Waals surface area contributed by atoms with Crippen molar-refractivity contribution < 1.29 is 0 Å². The van der Waals surface area contributed by atoms with Gasteiger partial charge in [-0.1, -0.05) is 52.3 Å². The molecule has 0 atom stereocenters. The molecule has 0 heterocycles. The Morgan fingerprint density at radius 3 is 2.46 bits per heavy atom. The quantitative estimate of drug-likeness (QED) is 0.804. The van der Waals surface area contributed by atoms with E-state index in [2.05, 4.69) is 52.3 Å². The summed E-state index contributed by atoms with van der Waals surface area (Å²) in [5.41, 5.74) is 8.00. The first kappa shape index (κ1) is 10.5. The Morgan fingerprint density at radius 2 is 1.92 bits per heavy atom. The highest BCUT2D eigenvalue weighted by molar-refractivity contribution is 9.09. The zero-order valence-corrected chi connectivity index (χ0v) is 9.13. The van der Waals surface area contributed by atoms with E-state index in [1.807, 2.05) is 0 Å². The Labute approximate surface area is 87.8 Å². The Kier molecular flexibility index (Phi) is 4.79. The molecule has 1 rings (SSSR count). The average Bonchev–Trinajstić information content (AvgIpc) is 2.17. The highest BCUT2D eigenvalue weighted by Crippen LogP contribution is 2.06. The normalized spacial score (nSPS) is 10.9. The number of alkyl halides is 1. The van der Waals surface area contributed by atoms with E-state index in [-0.39, 0.29) is 0 Å². The summed E-state index contributed by atoms with van der Waals surface area (Å²) in [6, 6.07) is 8.48.